The summed E-state index contributed by atoms with van der Waals surface area (Å²) in [5.74, 6) is 0.148. The molecule has 0 spiro atoms. The van der Waals surface area contributed by atoms with Gasteiger partial charge in [-0.15, -0.1) is 0 Å². The Morgan fingerprint density at radius 3 is 2.53 bits per heavy atom. The molecule has 32 heavy (non-hydrogen) atoms. The number of hydrogen-bond acceptors (Lipinski definition) is 6. The third-order valence-electron chi connectivity index (χ3n) is 4.22. The molecule has 3 aromatic rings. The van der Waals surface area contributed by atoms with E-state index in [0.717, 1.165) is 5.56 Å². The Bertz CT molecular complexity index is 1170. The fraction of sp³-hybridized carbons (Fsp3) is 0.320. The van der Waals surface area contributed by atoms with Gasteiger partial charge in [-0.25, -0.2) is 4.79 Å². The molecule has 2 heterocycles. The fourth-order valence-electron chi connectivity index (χ4n) is 2.96. The van der Waals surface area contributed by atoms with Crippen molar-refractivity contribution in [1.82, 2.24) is 9.38 Å². The number of ether oxygens (including phenoxy) is 3. The molecule has 0 saturated heterocycles. The molecule has 0 bridgehead atoms. The number of pyridine rings is 1. The summed E-state index contributed by atoms with van der Waals surface area (Å²) < 4.78 is 19.0. The van der Waals surface area contributed by atoms with Crippen molar-refractivity contribution in [3.63, 3.8) is 0 Å². The van der Waals surface area contributed by atoms with E-state index in [1.807, 2.05) is 83.2 Å². The summed E-state index contributed by atoms with van der Waals surface area (Å²) in [7, 11) is 0. The van der Waals surface area contributed by atoms with Crippen LogP contribution in [0.25, 0.3) is 11.7 Å². The third kappa shape index (κ3) is 5.67. The Morgan fingerprint density at radius 2 is 1.91 bits per heavy atom. The first-order chi connectivity index (χ1) is 15.2. The third-order valence-corrected chi connectivity index (χ3v) is 4.22. The Balaban J connectivity index is 2.02. The zero-order chi connectivity index (χ0) is 23.3. The second-order valence-electron chi connectivity index (χ2n) is 8.48. The van der Waals surface area contributed by atoms with Crippen LogP contribution in [0.2, 0.25) is 0 Å². The van der Waals surface area contributed by atoms with E-state index in [1.165, 1.54) is 6.08 Å². The van der Waals surface area contributed by atoms with Crippen LogP contribution in [0, 0.1) is 11.3 Å². The van der Waals surface area contributed by atoms with Crippen molar-refractivity contribution in [3.05, 3.63) is 65.5 Å². The standard InChI is InChI=1S/C25H27N3O4/c1-17(2)31-21-12-9-13-28-20(23(27-22(21)28)32-25(3,4)5)14-19(15-26)24(29)30-16-18-10-7-6-8-11-18/h6-14,17H,16H2,1-5H3/b19-14-. The van der Waals surface area contributed by atoms with E-state index in [1.54, 1.807) is 10.6 Å². The number of hydrogen-bond donors (Lipinski definition) is 0. The van der Waals surface area contributed by atoms with Crippen LogP contribution in [0.1, 0.15) is 45.9 Å². The van der Waals surface area contributed by atoms with Crippen LogP contribution in [0.3, 0.4) is 0 Å². The zero-order valence-electron chi connectivity index (χ0n) is 19.0. The van der Waals surface area contributed by atoms with Crippen molar-refractivity contribution in [3.8, 4) is 17.7 Å². The minimum Gasteiger partial charge on any atom is -0.487 e. The molecule has 2 aromatic heterocycles. The number of fused-ring (bicyclic) bond motifs is 1. The Kier molecular flexibility index (Phi) is 6.84. The summed E-state index contributed by atoms with van der Waals surface area (Å²) in [5.41, 5.74) is 1.12. The van der Waals surface area contributed by atoms with E-state index in [4.69, 9.17) is 14.2 Å². The summed E-state index contributed by atoms with van der Waals surface area (Å²) in [6.07, 6.45) is 3.17. The molecule has 0 N–H and O–H groups in total. The monoisotopic (exact) mass is 433 g/mol. The van der Waals surface area contributed by atoms with Gasteiger partial charge in [0.2, 0.25) is 5.88 Å². The van der Waals surface area contributed by atoms with E-state index >= 15 is 0 Å². The molecule has 0 aliphatic heterocycles. The molecule has 0 atom stereocenters. The van der Waals surface area contributed by atoms with E-state index in [2.05, 4.69) is 4.98 Å². The number of carbonyl (C=O) groups excluding carboxylic acids is 1. The lowest BCUT2D eigenvalue weighted by molar-refractivity contribution is -0.139. The molecule has 0 saturated carbocycles. The van der Waals surface area contributed by atoms with Crippen LogP contribution in [0.4, 0.5) is 0 Å². The number of nitrogens with zero attached hydrogens (tertiary/aromatic N) is 3. The SMILES string of the molecule is CC(C)Oc1cccn2c(/C=C(/C#N)C(=O)OCc3ccccc3)c(OC(C)(C)C)nc12. The number of benzene rings is 1. The molecular formula is C25H27N3O4. The summed E-state index contributed by atoms with van der Waals surface area (Å²) in [5, 5.41) is 9.65. The maximum absolute atomic E-state index is 12.6. The van der Waals surface area contributed by atoms with Gasteiger partial charge < -0.3 is 14.2 Å². The Labute approximate surface area is 187 Å². The van der Waals surface area contributed by atoms with E-state index in [-0.39, 0.29) is 18.3 Å². The van der Waals surface area contributed by atoms with Crippen LogP contribution in [0.15, 0.2) is 54.2 Å². The molecule has 7 heteroatoms. The lowest BCUT2D eigenvalue weighted by Gasteiger charge is -2.19. The summed E-state index contributed by atoms with van der Waals surface area (Å²) >= 11 is 0. The van der Waals surface area contributed by atoms with Gasteiger partial charge in [0.15, 0.2) is 11.4 Å². The number of carbonyl (C=O) groups is 1. The lowest BCUT2D eigenvalue weighted by Crippen LogP contribution is -2.23. The van der Waals surface area contributed by atoms with Gasteiger partial charge in [-0.2, -0.15) is 10.2 Å². The zero-order valence-corrected chi connectivity index (χ0v) is 19.0. The van der Waals surface area contributed by atoms with Gasteiger partial charge in [-0.3, -0.25) is 4.40 Å². The normalized spacial score (nSPS) is 12.0. The number of rotatable bonds is 7. The largest absolute Gasteiger partial charge is 0.487 e. The first kappa shape index (κ1) is 22.9. The summed E-state index contributed by atoms with van der Waals surface area (Å²) in [6.45, 7) is 9.62. The van der Waals surface area contributed by atoms with Crippen molar-refractivity contribution in [1.29, 1.82) is 5.26 Å². The molecular weight excluding hydrogens is 406 g/mol. The minimum atomic E-state index is -0.720. The van der Waals surface area contributed by atoms with Crippen molar-refractivity contribution in [2.75, 3.05) is 0 Å². The topological polar surface area (TPSA) is 85.9 Å². The van der Waals surface area contributed by atoms with E-state index < -0.39 is 11.6 Å². The molecule has 0 aliphatic rings. The Hall–Kier alpha value is -3.79. The van der Waals surface area contributed by atoms with E-state index in [9.17, 15) is 10.1 Å². The van der Waals surface area contributed by atoms with Crippen molar-refractivity contribution in [2.24, 2.45) is 0 Å². The smallest absolute Gasteiger partial charge is 0.349 e. The van der Waals surface area contributed by atoms with E-state index in [0.29, 0.717) is 23.0 Å². The lowest BCUT2D eigenvalue weighted by atomic mass is 10.2. The number of imidazole rings is 1. The fourth-order valence-corrected chi connectivity index (χ4v) is 2.96. The molecule has 3 rings (SSSR count). The van der Waals surface area contributed by atoms with Gasteiger partial charge in [0.1, 0.15) is 29.5 Å². The minimum absolute atomic E-state index is 0.0495. The average molecular weight is 434 g/mol. The predicted molar refractivity (Wildman–Crippen MR) is 121 cm³/mol. The van der Waals surface area contributed by atoms with Crippen LogP contribution < -0.4 is 9.47 Å². The van der Waals surface area contributed by atoms with Crippen molar-refractivity contribution < 1.29 is 19.0 Å². The summed E-state index contributed by atoms with van der Waals surface area (Å²) in [4.78, 5) is 17.2. The number of nitriles is 1. The van der Waals surface area contributed by atoms with Gasteiger partial charge in [0.25, 0.3) is 0 Å². The van der Waals surface area contributed by atoms with Gasteiger partial charge in [0, 0.05) is 6.20 Å². The average Bonchev–Trinajstić information content (AvgIpc) is 3.07. The molecule has 0 amide bonds. The first-order valence-corrected chi connectivity index (χ1v) is 10.4. The molecule has 0 radical (unpaired) electrons. The second kappa shape index (κ2) is 9.56. The quantitative estimate of drug-likeness (QED) is 0.298. The van der Waals surface area contributed by atoms with Gasteiger partial charge >= 0.3 is 5.97 Å². The highest BCUT2D eigenvalue weighted by Crippen LogP contribution is 2.31. The van der Waals surface area contributed by atoms with Crippen LogP contribution in [0.5, 0.6) is 11.6 Å². The van der Waals surface area contributed by atoms with Crippen LogP contribution in [-0.4, -0.2) is 27.1 Å². The molecule has 1 aromatic carbocycles. The summed E-state index contributed by atoms with van der Waals surface area (Å²) in [6, 6.07) is 14.8. The number of esters is 1. The number of aromatic nitrogens is 2. The Morgan fingerprint density at radius 1 is 1.19 bits per heavy atom. The van der Waals surface area contributed by atoms with Crippen molar-refractivity contribution in [2.45, 2.75) is 52.9 Å². The van der Waals surface area contributed by atoms with Crippen LogP contribution in [-0.2, 0) is 16.1 Å². The highest BCUT2D eigenvalue weighted by Gasteiger charge is 2.23. The molecule has 0 aliphatic carbocycles. The van der Waals surface area contributed by atoms with Gasteiger partial charge in [0.05, 0.1) is 6.10 Å². The highest BCUT2D eigenvalue weighted by molar-refractivity contribution is 5.98. The van der Waals surface area contributed by atoms with Gasteiger partial charge in [-0.05, 0) is 58.4 Å². The highest BCUT2D eigenvalue weighted by atomic mass is 16.5. The maximum atomic E-state index is 12.6. The van der Waals surface area contributed by atoms with Gasteiger partial charge in [-0.1, -0.05) is 30.3 Å². The van der Waals surface area contributed by atoms with Crippen LogP contribution >= 0.6 is 0 Å². The van der Waals surface area contributed by atoms with Crippen molar-refractivity contribution >= 4 is 17.7 Å². The molecule has 166 valence electrons. The second-order valence-corrected chi connectivity index (χ2v) is 8.48. The molecule has 0 unspecified atom stereocenters. The maximum Gasteiger partial charge on any atom is 0.349 e. The molecule has 7 nitrogen and oxygen atoms in total. The molecule has 0 fully saturated rings. The first-order valence-electron chi connectivity index (χ1n) is 10.4. The predicted octanol–water partition coefficient (Wildman–Crippen LogP) is 4.95.